The SMILES string of the molecule is CN(C)c1ccc(N2c3ccc(-c4cc(-c5ccccc5)c5ccc6c(-c7ccc8c(c7)C7(C)CCCCC7(C)N8c7ccc(N(C)C)cc7)cc(-c7ccccc7)c7ccc4c5c76)cc3C3(C)CCCCC23C)cc1. The topological polar surface area (TPSA) is 13.0 Å². The van der Waals surface area contributed by atoms with E-state index in [9.17, 15) is 0 Å². The standard InChI is InChI=1S/C72H70N4/c1-69-39-15-17-41-71(69,3)75(53-29-25-51(26-30-53)73(5)6)65-37-23-49(43-63(65)69)61-45-59(47-19-11-9-12-20-47)55-34-36-58-62(46-60(48-21-13-10-14-22-48)56-33-35-57(61)67(55)68(56)58)50-24-38-66-64(44-50)70(2)40-16-18-42-72(70,4)76(66)54-31-27-52(28-32-54)74(7)8/h9-14,19-38,43-46H,15-18,39-42H2,1-8H3. The van der Waals surface area contributed by atoms with Crippen LogP contribution in [-0.2, 0) is 10.8 Å². The molecule has 2 saturated carbocycles. The van der Waals surface area contributed by atoms with E-state index in [0.717, 1.165) is 12.8 Å². The molecule has 0 aromatic heterocycles. The Labute approximate surface area is 450 Å². The minimum Gasteiger partial charge on any atom is -0.378 e. The molecule has 4 unspecified atom stereocenters. The number of hydrogen-bond donors (Lipinski definition) is 0. The fraction of sp³-hybridized carbons (Fsp3) is 0.278. The zero-order chi connectivity index (χ0) is 51.9. The number of rotatable bonds is 8. The minimum absolute atomic E-state index is 0.0158. The largest absolute Gasteiger partial charge is 0.378 e. The first-order valence-corrected chi connectivity index (χ1v) is 28.2. The molecular weight excluding hydrogens is 921 g/mol. The van der Waals surface area contributed by atoms with Crippen molar-refractivity contribution in [2.75, 3.05) is 47.8 Å². The van der Waals surface area contributed by atoms with Gasteiger partial charge in [-0.1, -0.05) is 137 Å². The van der Waals surface area contributed by atoms with E-state index in [-0.39, 0.29) is 21.9 Å². The van der Waals surface area contributed by atoms with Crippen LogP contribution in [0.25, 0.3) is 76.8 Å². The summed E-state index contributed by atoms with van der Waals surface area (Å²) in [5.74, 6) is 0. The van der Waals surface area contributed by atoms with Gasteiger partial charge in [-0.15, -0.1) is 0 Å². The van der Waals surface area contributed by atoms with Crippen molar-refractivity contribution >= 4 is 66.4 Å². The molecule has 0 saturated heterocycles. The molecule has 0 radical (unpaired) electrons. The Balaban J connectivity index is 1.01. The summed E-state index contributed by atoms with van der Waals surface area (Å²) in [5, 5.41) is 7.92. The van der Waals surface area contributed by atoms with Crippen LogP contribution in [0.3, 0.4) is 0 Å². The quantitative estimate of drug-likeness (QED) is 0.141. The fourth-order valence-electron chi connectivity index (χ4n) is 15.6. The Morgan fingerprint density at radius 1 is 0.342 bits per heavy atom. The van der Waals surface area contributed by atoms with Gasteiger partial charge in [0.1, 0.15) is 0 Å². The van der Waals surface area contributed by atoms with Crippen molar-refractivity contribution in [3.8, 4) is 44.5 Å². The Bertz CT molecular complexity index is 3640. The first-order chi connectivity index (χ1) is 36.8. The Hall–Kier alpha value is -7.56. The van der Waals surface area contributed by atoms with Crippen molar-refractivity contribution in [1.29, 1.82) is 0 Å². The highest BCUT2D eigenvalue weighted by Crippen LogP contribution is 2.63. The molecule has 4 aliphatic rings. The zero-order valence-electron chi connectivity index (χ0n) is 45.8. The molecule has 4 nitrogen and oxygen atoms in total. The normalized spacial score (nSPS) is 22.7. The number of hydrogen-bond acceptors (Lipinski definition) is 4. The molecule has 14 rings (SSSR count). The molecule has 2 aliphatic carbocycles. The van der Waals surface area contributed by atoms with Crippen LogP contribution < -0.4 is 19.6 Å². The highest BCUT2D eigenvalue weighted by Gasteiger charge is 2.59. The van der Waals surface area contributed by atoms with E-state index < -0.39 is 0 Å². The van der Waals surface area contributed by atoms with Crippen LogP contribution in [0.4, 0.5) is 34.1 Å². The van der Waals surface area contributed by atoms with Gasteiger partial charge in [0.05, 0.1) is 11.1 Å². The van der Waals surface area contributed by atoms with E-state index in [1.807, 2.05) is 0 Å². The summed E-state index contributed by atoms with van der Waals surface area (Å²) in [6, 6.07) is 70.7. The van der Waals surface area contributed by atoms with E-state index in [4.69, 9.17) is 0 Å². The lowest BCUT2D eigenvalue weighted by molar-refractivity contribution is 0.195. The van der Waals surface area contributed by atoms with Crippen molar-refractivity contribution in [3.05, 3.63) is 193 Å². The highest BCUT2D eigenvalue weighted by molar-refractivity contribution is 6.32. The lowest BCUT2D eigenvalue weighted by Gasteiger charge is -2.50. The van der Waals surface area contributed by atoms with Gasteiger partial charge >= 0.3 is 0 Å². The molecule has 76 heavy (non-hydrogen) atoms. The van der Waals surface area contributed by atoms with Gasteiger partial charge in [0.2, 0.25) is 0 Å². The molecule has 4 heteroatoms. The van der Waals surface area contributed by atoms with Crippen molar-refractivity contribution < 1.29 is 0 Å². The summed E-state index contributed by atoms with van der Waals surface area (Å²) in [7, 11) is 8.51. The lowest BCUT2D eigenvalue weighted by atomic mass is 9.61. The van der Waals surface area contributed by atoms with Gasteiger partial charge in [0, 0.05) is 73.1 Å². The number of benzene rings is 10. The third kappa shape index (κ3) is 6.55. The maximum absolute atomic E-state index is 2.71. The first kappa shape index (κ1) is 46.9. The molecule has 2 aliphatic heterocycles. The first-order valence-electron chi connectivity index (χ1n) is 28.2. The van der Waals surface area contributed by atoms with Gasteiger partial charge in [-0.25, -0.2) is 0 Å². The zero-order valence-corrected chi connectivity index (χ0v) is 45.8. The van der Waals surface area contributed by atoms with E-state index >= 15 is 0 Å². The van der Waals surface area contributed by atoms with Crippen molar-refractivity contribution in [2.45, 2.75) is 101 Å². The number of fused-ring (bicyclic) bond motifs is 6. The molecule has 2 heterocycles. The molecule has 0 spiro atoms. The van der Waals surface area contributed by atoms with Gasteiger partial charge in [-0.05, 0) is 212 Å². The van der Waals surface area contributed by atoms with Crippen LogP contribution >= 0.6 is 0 Å². The molecular formula is C72H70N4. The third-order valence-electron chi connectivity index (χ3n) is 20.1. The average Bonchev–Trinajstić information content (AvgIpc) is 3.91. The molecule has 0 bridgehead atoms. The molecule has 0 N–H and O–H groups in total. The lowest BCUT2D eigenvalue weighted by Crippen LogP contribution is -2.54. The predicted molar refractivity (Wildman–Crippen MR) is 326 cm³/mol. The van der Waals surface area contributed by atoms with Crippen LogP contribution in [0.2, 0.25) is 0 Å². The third-order valence-corrected chi connectivity index (χ3v) is 20.1. The van der Waals surface area contributed by atoms with Crippen LogP contribution in [0, 0.1) is 0 Å². The van der Waals surface area contributed by atoms with Gasteiger partial charge in [-0.3, -0.25) is 0 Å². The second kappa shape index (κ2) is 17.0. The van der Waals surface area contributed by atoms with Crippen LogP contribution in [0.1, 0.15) is 90.2 Å². The fourth-order valence-corrected chi connectivity index (χ4v) is 15.6. The van der Waals surface area contributed by atoms with E-state index in [1.165, 1.54) is 161 Å². The molecule has 4 atom stereocenters. The summed E-state index contributed by atoms with van der Waals surface area (Å²) in [6.45, 7) is 10.2. The Morgan fingerprint density at radius 2 is 0.684 bits per heavy atom. The summed E-state index contributed by atoms with van der Waals surface area (Å²) in [4.78, 5) is 9.82. The summed E-state index contributed by atoms with van der Waals surface area (Å²) in [5.41, 5.74) is 20.8. The molecule has 2 fully saturated rings. The summed E-state index contributed by atoms with van der Waals surface area (Å²) >= 11 is 0. The van der Waals surface area contributed by atoms with Crippen LogP contribution in [0.15, 0.2) is 182 Å². The van der Waals surface area contributed by atoms with Crippen LogP contribution in [-0.4, -0.2) is 39.3 Å². The maximum atomic E-state index is 2.71. The molecule has 378 valence electrons. The summed E-state index contributed by atoms with van der Waals surface area (Å²) < 4.78 is 0. The second-order valence-electron chi connectivity index (χ2n) is 24.3. The Morgan fingerprint density at radius 3 is 1.04 bits per heavy atom. The average molecular weight is 991 g/mol. The van der Waals surface area contributed by atoms with Gasteiger partial charge in [0.25, 0.3) is 0 Å². The summed E-state index contributed by atoms with van der Waals surface area (Å²) in [6.07, 6.45) is 9.67. The molecule has 10 aromatic carbocycles. The van der Waals surface area contributed by atoms with Crippen molar-refractivity contribution in [1.82, 2.24) is 0 Å². The van der Waals surface area contributed by atoms with E-state index in [0.29, 0.717) is 0 Å². The smallest absolute Gasteiger partial charge is 0.0517 e. The van der Waals surface area contributed by atoms with E-state index in [1.54, 1.807) is 0 Å². The number of nitrogens with zero attached hydrogens (tertiary/aromatic N) is 4. The van der Waals surface area contributed by atoms with Crippen LogP contribution in [0.5, 0.6) is 0 Å². The van der Waals surface area contributed by atoms with Gasteiger partial charge in [-0.2, -0.15) is 0 Å². The number of anilines is 6. The Kier molecular flexibility index (Phi) is 10.5. The van der Waals surface area contributed by atoms with Gasteiger partial charge in [0.15, 0.2) is 0 Å². The van der Waals surface area contributed by atoms with Crippen molar-refractivity contribution in [2.24, 2.45) is 0 Å². The highest BCUT2D eigenvalue weighted by atomic mass is 15.3. The van der Waals surface area contributed by atoms with E-state index in [2.05, 4.69) is 257 Å². The monoisotopic (exact) mass is 991 g/mol. The molecule has 10 aromatic rings. The molecule has 0 amide bonds. The maximum Gasteiger partial charge on any atom is 0.0517 e. The van der Waals surface area contributed by atoms with Gasteiger partial charge < -0.3 is 19.6 Å². The second-order valence-corrected chi connectivity index (χ2v) is 24.3. The predicted octanol–water partition coefficient (Wildman–Crippen LogP) is 18.9. The van der Waals surface area contributed by atoms with Crippen molar-refractivity contribution in [3.63, 3.8) is 0 Å². The minimum atomic E-state index is -0.0473.